The average Bonchev–Trinajstić information content (AvgIpc) is 3.23. The number of carbonyl (C=O) groups is 1. The Bertz CT molecular complexity index is 1180. The number of likely N-dealkylation sites (tertiary alicyclic amines) is 1. The fraction of sp³-hybridized carbons (Fsp3) is 0.483. The van der Waals surface area contributed by atoms with E-state index in [9.17, 15) is 9.18 Å². The third kappa shape index (κ3) is 5.36. The number of halogens is 1. The van der Waals surface area contributed by atoms with Crippen LogP contribution in [0.2, 0.25) is 0 Å². The Hall–Kier alpha value is -3.06. The van der Waals surface area contributed by atoms with Gasteiger partial charge in [0.2, 0.25) is 0 Å². The lowest BCUT2D eigenvalue weighted by atomic mass is 10.0. The van der Waals surface area contributed by atoms with Crippen LogP contribution < -0.4 is 9.64 Å². The van der Waals surface area contributed by atoms with E-state index in [4.69, 9.17) is 4.74 Å². The molecule has 2 saturated heterocycles. The molecule has 0 aliphatic carbocycles. The molecule has 0 spiro atoms. The van der Waals surface area contributed by atoms with Gasteiger partial charge in [0.1, 0.15) is 11.6 Å². The van der Waals surface area contributed by atoms with Crippen LogP contribution in [0, 0.1) is 5.82 Å². The summed E-state index contributed by atoms with van der Waals surface area (Å²) < 4.78 is 21.7. The van der Waals surface area contributed by atoms with Gasteiger partial charge in [-0.1, -0.05) is 6.42 Å². The van der Waals surface area contributed by atoms with Crippen molar-refractivity contribution >= 4 is 22.5 Å². The lowest BCUT2D eigenvalue weighted by molar-refractivity contribution is 0.0748. The molecule has 1 atom stereocenters. The quantitative estimate of drug-likeness (QED) is 0.439. The average molecular weight is 493 g/mol. The number of nitrogens with zero attached hydrogens (tertiary/aromatic N) is 4. The number of aromatic nitrogens is 1. The molecule has 2 aromatic carbocycles. The number of anilines is 1. The van der Waals surface area contributed by atoms with E-state index >= 15 is 0 Å². The van der Waals surface area contributed by atoms with Gasteiger partial charge >= 0.3 is 0 Å². The lowest BCUT2D eigenvalue weighted by Crippen LogP contribution is -2.48. The maximum absolute atomic E-state index is 13.8. The van der Waals surface area contributed by atoms with E-state index in [-0.39, 0.29) is 11.7 Å². The summed E-state index contributed by atoms with van der Waals surface area (Å²) in [4.78, 5) is 20.0. The second-order valence-electron chi connectivity index (χ2n) is 10.2. The molecule has 1 amide bonds. The minimum atomic E-state index is -0.323. The number of hydrogen-bond acceptors (Lipinski definition) is 4. The first-order valence-electron chi connectivity index (χ1n) is 13.3. The summed E-state index contributed by atoms with van der Waals surface area (Å²) in [6.45, 7) is 8.19. The number of ether oxygens (including phenoxy) is 1. The van der Waals surface area contributed by atoms with Crippen LogP contribution in [0.25, 0.3) is 10.9 Å². The van der Waals surface area contributed by atoms with Crippen molar-refractivity contribution in [1.29, 1.82) is 0 Å². The normalized spacial score (nSPS) is 19.1. The van der Waals surface area contributed by atoms with Crippen molar-refractivity contribution in [3.63, 3.8) is 0 Å². The maximum atomic E-state index is 13.8. The van der Waals surface area contributed by atoms with Crippen LogP contribution in [0.1, 0.15) is 43.0 Å². The fourth-order valence-electron chi connectivity index (χ4n) is 5.57. The van der Waals surface area contributed by atoms with Gasteiger partial charge in [-0.2, -0.15) is 0 Å². The number of benzene rings is 2. The summed E-state index contributed by atoms with van der Waals surface area (Å²) in [6, 6.07) is 13.6. The molecule has 7 heteroatoms. The monoisotopic (exact) mass is 492 g/mol. The first-order valence-corrected chi connectivity index (χ1v) is 13.3. The number of fused-ring (bicyclic) bond motifs is 1. The smallest absolute Gasteiger partial charge is 0.256 e. The van der Waals surface area contributed by atoms with Crippen LogP contribution in [-0.2, 0) is 7.05 Å². The highest BCUT2D eigenvalue weighted by atomic mass is 19.1. The summed E-state index contributed by atoms with van der Waals surface area (Å²) in [5, 5.41) is 0.672. The van der Waals surface area contributed by atoms with Crippen LogP contribution >= 0.6 is 0 Å². The summed E-state index contributed by atoms with van der Waals surface area (Å²) in [6.07, 6.45) is 6.85. The Morgan fingerprint density at radius 2 is 1.81 bits per heavy atom. The van der Waals surface area contributed by atoms with E-state index < -0.39 is 0 Å². The van der Waals surface area contributed by atoms with Crippen LogP contribution in [0.3, 0.4) is 0 Å². The molecular weight excluding hydrogens is 455 g/mol. The Morgan fingerprint density at radius 3 is 2.56 bits per heavy atom. The van der Waals surface area contributed by atoms with Gasteiger partial charge in [0.25, 0.3) is 5.91 Å². The molecule has 0 bridgehead atoms. The van der Waals surface area contributed by atoms with Crippen LogP contribution in [0.4, 0.5) is 10.1 Å². The predicted octanol–water partition coefficient (Wildman–Crippen LogP) is 4.92. The highest BCUT2D eigenvalue weighted by Gasteiger charge is 2.25. The van der Waals surface area contributed by atoms with Gasteiger partial charge in [-0.15, -0.1) is 0 Å². The Balaban J connectivity index is 1.11. The van der Waals surface area contributed by atoms with Crippen LogP contribution in [0.15, 0.2) is 48.7 Å². The number of rotatable bonds is 7. The van der Waals surface area contributed by atoms with Crippen molar-refractivity contribution in [3.05, 3.63) is 60.0 Å². The summed E-state index contributed by atoms with van der Waals surface area (Å²) in [5.41, 5.74) is 2.57. The topological polar surface area (TPSA) is 41.0 Å². The number of aryl methyl sites for hydroxylation is 1. The highest BCUT2D eigenvalue weighted by Crippen LogP contribution is 2.25. The molecule has 36 heavy (non-hydrogen) atoms. The minimum Gasteiger partial charge on any atom is -0.494 e. The standard InChI is InChI=1S/C29H37FN4O2/c1-22-6-3-4-13-32(22)14-5-19-36-25-10-8-24(9-11-25)33-15-17-34(18-16-33)29(35)27-21-31(2)28-12-7-23(30)20-26(27)28/h7-12,20-22H,3-6,13-19H2,1-2H3. The molecule has 1 aromatic heterocycles. The van der Waals surface area contributed by atoms with E-state index in [1.54, 1.807) is 6.07 Å². The molecule has 3 aromatic rings. The molecule has 3 heterocycles. The summed E-state index contributed by atoms with van der Waals surface area (Å²) in [5.74, 6) is 0.549. The van der Waals surface area contributed by atoms with Crippen LogP contribution in [-0.4, -0.2) is 72.2 Å². The molecule has 0 radical (unpaired) electrons. The molecule has 2 fully saturated rings. The Labute approximate surface area is 213 Å². The largest absolute Gasteiger partial charge is 0.494 e. The highest BCUT2D eigenvalue weighted by molar-refractivity contribution is 6.07. The van der Waals surface area contributed by atoms with Crippen LogP contribution in [0.5, 0.6) is 5.75 Å². The fourth-order valence-corrected chi connectivity index (χ4v) is 5.57. The molecule has 1 unspecified atom stereocenters. The van der Waals surface area contributed by atoms with E-state index in [0.29, 0.717) is 30.1 Å². The first-order chi connectivity index (χ1) is 17.5. The summed E-state index contributed by atoms with van der Waals surface area (Å²) in [7, 11) is 1.89. The molecule has 192 valence electrons. The molecule has 2 aliphatic rings. The van der Waals surface area contributed by atoms with Gasteiger partial charge in [-0.3, -0.25) is 4.79 Å². The zero-order valence-corrected chi connectivity index (χ0v) is 21.5. The Morgan fingerprint density at radius 1 is 1.03 bits per heavy atom. The molecule has 6 nitrogen and oxygen atoms in total. The zero-order chi connectivity index (χ0) is 25.1. The van der Waals surface area contributed by atoms with Crippen molar-refractivity contribution in [3.8, 4) is 5.75 Å². The van der Waals surface area contributed by atoms with E-state index in [0.717, 1.165) is 49.6 Å². The number of hydrogen-bond donors (Lipinski definition) is 0. The van der Waals surface area contributed by atoms with Crippen molar-refractivity contribution in [1.82, 2.24) is 14.4 Å². The summed E-state index contributed by atoms with van der Waals surface area (Å²) >= 11 is 0. The predicted molar refractivity (Wildman–Crippen MR) is 142 cm³/mol. The van der Waals surface area contributed by atoms with Gasteiger partial charge < -0.3 is 24.0 Å². The maximum Gasteiger partial charge on any atom is 0.256 e. The number of piperazine rings is 1. The van der Waals surface area contributed by atoms with E-state index in [1.807, 2.05) is 34.8 Å². The SMILES string of the molecule is CC1CCCCN1CCCOc1ccc(N2CCN(C(=O)c3cn(C)c4ccc(F)cc34)CC2)cc1. The number of piperidine rings is 1. The van der Waals surface area contributed by atoms with Crippen molar-refractivity contribution < 1.29 is 13.9 Å². The second kappa shape index (κ2) is 10.9. The number of amides is 1. The third-order valence-corrected chi connectivity index (χ3v) is 7.75. The third-order valence-electron chi connectivity index (χ3n) is 7.75. The van der Waals surface area contributed by atoms with Gasteiger partial charge in [-0.25, -0.2) is 4.39 Å². The number of carbonyl (C=O) groups excluding carboxylic acids is 1. The van der Waals surface area contributed by atoms with Crippen molar-refractivity contribution in [2.45, 2.75) is 38.6 Å². The van der Waals surface area contributed by atoms with Gasteiger partial charge in [0, 0.05) is 68.6 Å². The Kier molecular flexibility index (Phi) is 7.46. The van der Waals surface area contributed by atoms with Crippen molar-refractivity contribution in [2.24, 2.45) is 7.05 Å². The molecule has 0 N–H and O–H groups in total. The van der Waals surface area contributed by atoms with E-state index in [2.05, 4.69) is 28.9 Å². The molecular formula is C29H37FN4O2. The van der Waals surface area contributed by atoms with Gasteiger partial charge in [0.05, 0.1) is 12.2 Å². The zero-order valence-electron chi connectivity index (χ0n) is 21.5. The van der Waals surface area contributed by atoms with Gasteiger partial charge in [-0.05, 0) is 75.2 Å². The lowest BCUT2D eigenvalue weighted by Gasteiger charge is -2.36. The van der Waals surface area contributed by atoms with E-state index in [1.165, 1.54) is 37.9 Å². The first kappa shape index (κ1) is 24.6. The second-order valence-corrected chi connectivity index (χ2v) is 10.2. The molecule has 0 saturated carbocycles. The minimum absolute atomic E-state index is 0.0338. The molecule has 2 aliphatic heterocycles. The van der Waals surface area contributed by atoms with Gasteiger partial charge in [0.15, 0.2) is 0 Å². The van der Waals surface area contributed by atoms with Crippen molar-refractivity contribution in [2.75, 3.05) is 50.8 Å². The molecule has 5 rings (SSSR count).